The molecule has 2 aromatic carbocycles. The zero-order valence-electron chi connectivity index (χ0n) is 15.0. The van der Waals surface area contributed by atoms with E-state index in [0.717, 1.165) is 17.8 Å². The molecular weight excluding hydrogens is 366 g/mol. The third kappa shape index (κ3) is 5.12. The Kier molecular flexibility index (Phi) is 7.45. The molecule has 7 nitrogen and oxygen atoms in total. The Labute approximate surface area is 163 Å². The summed E-state index contributed by atoms with van der Waals surface area (Å²) in [5, 5.41) is 14.6. The summed E-state index contributed by atoms with van der Waals surface area (Å²) in [4.78, 5) is 24.7. The van der Waals surface area contributed by atoms with Crippen molar-refractivity contribution >= 4 is 34.9 Å². The molecule has 0 fully saturated rings. The molecule has 1 heterocycles. The molecule has 0 atom stereocenters. The molecule has 142 valence electrons. The van der Waals surface area contributed by atoms with Gasteiger partial charge in [0.1, 0.15) is 5.52 Å². The van der Waals surface area contributed by atoms with Gasteiger partial charge in [0.25, 0.3) is 5.56 Å². The molecule has 1 aromatic heterocycles. The van der Waals surface area contributed by atoms with Crippen LogP contribution < -0.4 is 16.2 Å². The molecule has 2 N–H and O–H groups in total. The van der Waals surface area contributed by atoms with Crippen LogP contribution in [0.15, 0.2) is 53.3 Å². The highest BCUT2D eigenvalue weighted by Gasteiger charge is 2.09. The van der Waals surface area contributed by atoms with Crippen LogP contribution >= 0.6 is 12.4 Å². The maximum atomic E-state index is 12.4. The van der Waals surface area contributed by atoms with Gasteiger partial charge in [-0.3, -0.25) is 9.59 Å². The molecule has 0 saturated heterocycles. The number of aryl methyl sites for hydroxylation is 1. The minimum atomic E-state index is -0.240. The zero-order chi connectivity index (χ0) is 18.4. The molecule has 0 saturated carbocycles. The third-order valence-corrected chi connectivity index (χ3v) is 4.04. The number of nitrogens with one attached hydrogen (secondary N) is 2. The Morgan fingerprint density at radius 3 is 2.67 bits per heavy atom. The minimum absolute atomic E-state index is 0. The van der Waals surface area contributed by atoms with Crippen molar-refractivity contribution in [3.8, 4) is 0 Å². The number of para-hydroxylation sites is 1. The van der Waals surface area contributed by atoms with Crippen molar-refractivity contribution < 1.29 is 4.79 Å². The van der Waals surface area contributed by atoms with E-state index in [1.54, 1.807) is 24.3 Å². The highest BCUT2D eigenvalue weighted by atomic mass is 35.5. The van der Waals surface area contributed by atoms with Gasteiger partial charge in [-0.25, -0.2) is 4.68 Å². The van der Waals surface area contributed by atoms with Crippen molar-refractivity contribution in [2.24, 2.45) is 0 Å². The molecule has 27 heavy (non-hydrogen) atoms. The Bertz CT molecular complexity index is 973. The number of halogens is 1. The first-order valence-corrected chi connectivity index (χ1v) is 8.60. The molecule has 0 aliphatic heterocycles. The van der Waals surface area contributed by atoms with Crippen LogP contribution in [0.1, 0.15) is 18.9 Å². The summed E-state index contributed by atoms with van der Waals surface area (Å²) in [6.07, 6.45) is 0.141. The lowest BCUT2D eigenvalue weighted by molar-refractivity contribution is -0.116. The fourth-order valence-electron chi connectivity index (χ4n) is 2.65. The fraction of sp³-hybridized carbons (Fsp3) is 0.263. The molecule has 0 bridgehead atoms. The number of hydrogen-bond acceptors (Lipinski definition) is 5. The second-order valence-corrected chi connectivity index (χ2v) is 5.87. The van der Waals surface area contributed by atoms with E-state index in [2.05, 4.69) is 20.9 Å². The van der Waals surface area contributed by atoms with Crippen LogP contribution in [0.3, 0.4) is 0 Å². The van der Waals surface area contributed by atoms with Gasteiger partial charge in [-0.2, -0.15) is 0 Å². The van der Waals surface area contributed by atoms with E-state index in [-0.39, 0.29) is 36.8 Å². The van der Waals surface area contributed by atoms with E-state index in [1.807, 2.05) is 31.2 Å². The molecule has 0 aliphatic rings. The fourth-order valence-corrected chi connectivity index (χ4v) is 2.65. The molecule has 8 heteroatoms. The van der Waals surface area contributed by atoms with Crippen LogP contribution in [0.5, 0.6) is 0 Å². The summed E-state index contributed by atoms with van der Waals surface area (Å²) >= 11 is 0. The van der Waals surface area contributed by atoms with Gasteiger partial charge < -0.3 is 10.6 Å². The van der Waals surface area contributed by atoms with Gasteiger partial charge in [0.05, 0.1) is 11.9 Å². The van der Waals surface area contributed by atoms with Gasteiger partial charge in [-0.15, -0.1) is 17.5 Å². The first kappa shape index (κ1) is 20.5. The summed E-state index contributed by atoms with van der Waals surface area (Å²) in [6, 6.07) is 14.7. The van der Waals surface area contributed by atoms with Gasteiger partial charge >= 0.3 is 0 Å². The number of anilines is 1. The highest BCUT2D eigenvalue weighted by Crippen LogP contribution is 2.15. The smallest absolute Gasteiger partial charge is 0.277 e. The van der Waals surface area contributed by atoms with Gasteiger partial charge in [0.15, 0.2) is 0 Å². The van der Waals surface area contributed by atoms with E-state index in [1.165, 1.54) is 4.68 Å². The average molecular weight is 388 g/mol. The zero-order valence-corrected chi connectivity index (χ0v) is 15.8. The van der Waals surface area contributed by atoms with Crippen LogP contribution in [-0.2, 0) is 17.9 Å². The largest absolute Gasteiger partial charge is 0.326 e. The molecular formula is C19H22ClN5O2. The lowest BCUT2D eigenvalue weighted by Gasteiger charge is -2.11. The van der Waals surface area contributed by atoms with Crippen LogP contribution in [0.25, 0.3) is 10.9 Å². The van der Waals surface area contributed by atoms with E-state index >= 15 is 0 Å². The van der Waals surface area contributed by atoms with Gasteiger partial charge in [0.2, 0.25) is 5.91 Å². The summed E-state index contributed by atoms with van der Waals surface area (Å²) in [7, 11) is 0. The quantitative estimate of drug-likeness (QED) is 0.649. The average Bonchev–Trinajstić information content (AvgIpc) is 2.67. The van der Waals surface area contributed by atoms with E-state index in [9.17, 15) is 9.59 Å². The Balaban J connectivity index is 0.00000261. The highest BCUT2D eigenvalue weighted by molar-refractivity contribution is 5.91. The molecule has 3 rings (SSSR count). The van der Waals surface area contributed by atoms with Crippen molar-refractivity contribution in [3.05, 3.63) is 64.4 Å². The van der Waals surface area contributed by atoms with E-state index in [0.29, 0.717) is 17.4 Å². The number of carbonyl (C=O) groups excluding carboxylic acids is 1. The number of nitrogens with zero attached hydrogens (tertiary/aromatic N) is 3. The standard InChI is InChI=1S/C19H21N5O2.ClH/c1-2-20-13-14-7-3-5-9-16(14)21-18(25)11-12-24-19(26)15-8-4-6-10-17(15)22-23-24;/h3-10,20H,2,11-13H2,1H3,(H,21,25);1H. The Morgan fingerprint density at radius 1 is 1.11 bits per heavy atom. The van der Waals surface area contributed by atoms with Crippen LogP contribution in [0, 0.1) is 0 Å². The Hall–Kier alpha value is -2.77. The number of carbonyl (C=O) groups is 1. The van der Waals surface area contributed by atoms with Gasteiger partial charge in [-0.05, 0) is 30.3 Å². The first-order chi connectivity index (χ1) is 12.7. The van der Waals surface area contributed by atoms with Crippen molar-refractivity contribution in [1.29, 1.82) is 0 Å². The van der Waals surface area contributed by atoms with Crippen LogP contribution in [0.2, 0.25) is 0 Å². The van der Waals surface area contributed by atoms with Crippen molar-refractivity contribution in [1.82, 2.24) is 20.3 Å². The molecule has 1 amide bonds. The predicted molar refractivity (Wildman–Crippen MR) is 108 cm³/mol. The summed E-state index contributed by atoms with van der Waals surface area (Å²) in [6.45, 7) is 3.75. The topological polar surface area (TPSA) is 88.9 Å². The second-order valence-electron chi connectivity index (χ2n) is 5.87. The van der Waals surface area contributed by atoms with Gasteiger partial charge in [0, 0.05) is 18.7 Å². The first-order valence-electron chi connectivity index (χ1n) is 8.60. The summed E-state index contributed by atoms with van der Waals surface area (Å²) in [5.74, 6) is -0.171. The number of rotatable bonds is 7. The molecule has 0 unspecified atom stereocenters. The lowest BCUT2D eigenvalue weighted by Crippen LogP contribution is -2.26. The number of fused-ring (bicyclic) bond motifs is 1. The molecule has 0 spiro atoms. The van der Waals surface area contributed by atoms with Gasteiger partial charge in [-0.1, -0.05) is 42.5 Å². The monoisotopic (exact) mass is 387 g/mol. The second kappa shape index (κ2) is 9.80. The predicted octanol–water partition coefficient (Wildman–Crippen LogP) is 2.35. The molecule has 0 radical (unpaired) electrons. The lowest BCUT2D eigenvalue weighted by atomic mass is 10.1. The SMILES string of the molecule is CCNCc1ccccc1NC(=O)CCn1nnc2ccccc2c1=O.Cl. The number of aromatic nitrogens is 3. The molecule has 3 aromatic rings. The van der Waals surface area contributed by atoms with Crippen molar-refractivity contribution in [3.63, 3.8) is 0 Å². The molecule has 0 aliphatic carbocycles. The number of benzene rings is 2. The Morgan fingerprint density at radius 2 is 1.85 bits per heavy atom. The summed E-state index contributed by atoms with van der Waals surface area (Å²) in [5.41, 5.74) is 2.10. The van der Waals surface area contributed by atoms with Crippen LogP contribution in [0.4, 0.5) is 5.69 Å². The minimum Gasteiger partial charge on any atom is -0.326 e. The van der Waals surface area contributed by atoms with E-state index < -0.39 is 0 Å². The van der Waals surface area contributed by atoms with Crippen molar-refractivity contribution in [2.45, 2.75) is 26.4 Å². The number of hydrogen-bond donors (Lipinski definition) is 2. The van der Waals surface area contributed by atoms with Crippen LogP contribution in [-0.4, -0.2) is 27.4 Å². The maximum Gasteiger partial charge on any atom is 0.277 e. The van der Waals surface area contributed by atoms with Crippen molar-refractivity contribution in [2.75, 3.05) is 11.9 Å². The maximum absolute atomic E-state index is 12.4. The van der Waals surface area contributed by atoms with E-state index in [4.69, 9.17) is 0 Å². The number of amides is 1. The third-order valence-electron chi connectivity index (χ3n) is 4.04. The summed E-state index contributed by atoms with van der Waals surface area (Å²) < 4.78 is 1.23. The normalized spacial score (nSPS) is 10.4.